The van der Waals surface area contributed by atoms with E-state index in [-0.39, 0.29) is 5.69 Å². The van der Waals surface area contributed by atoms with Gasteiger partial charge in [-0.2, -0.15) is 23.4 Å². The van der Waals surface area contributed by atoms with E-state index in [1.54, 1.807) is 12.1 Å². The van der Waals surface area contributed by atoms with Crippen molar-refractivity contribution in [3.8, 4) is 0 Å². The lowest BCUT2D eigenvalue weighted by molar-refractivity contribution is 0.235. The molecule has 0 spiro atoms. The van der Waals surface area contributed by atoms with Crippen molar-refractivity contribution in [3.63, 3.8) is 0 Å². The third-order valence-corrected chi connectivity index (χ3v) is 4.99. The van der Waals surface area contributed by atoms with E-state index in [1.165, 1.54) is 23.0 Å². The van der Waals surface area contributed by atoms with Crippen LogP contribution in [-0.4, -0.2) is 46.8 Å². The Labute approximate surface area is 148 Å². The molecule has 11 heteroatoms. The second kappa shape index (κ2) is 7.20. The fourth-order valence-corrected chi connectivity index (χ4v) is 3.31. The van der Waals surface area contributed by atoms with Gasteiger partial charge in [-0.05, 0) is 19.1 Å². The van der Waals surface area contributed by atoms with Crippen molar-refractivity contribution >= 4 is 27.1 Å². The number of alkyl halides is 2. The van der Waals surface area contributed by atoms with Crippen LogP contribution in [0.1, 0.15) is 5.69 Å². The lowest BCUT2D eigenvalue weighted by atomic mass is 10.3. The summed E-state index contributed by atoms with van der Waals surface area (Å²) in [5.41, 5.74) is 0.890. The summed E-state index contributed by atoms with van der Waals surface area (Å²) < 4.78 is 50.6. The third-order valence-electron chi connectivity index (χ3n) is 3.55. The first kappa shape index (κ1) is 18.0. The normalized spacial score (nSPS) is 11.8. The maximum atomic E-state index is 12.8. The predicted molar refractivity (Wildman–Crippen MR) is 92.1 cm³/mol. The van der Waals surface area contributed by atoms with Crippen LogP contribution in [-0.2, 0) is 9.84 Å². The SMILES string of the molecule is Cc1cc(NCCNc2ccccc2S(=O)(=O)C(F)F)n2ncnc2n1. The molecular weight excluding hydrogens is 366 g/mol. The van der Waals surface area contributed by atoms with Gasteiger partial charge >= 0.3 is 5.76 Å². The molecule has 3 aromatic rings. The van der Waals surface area contributed by atoms with Crippen LogP contribution in [0.5, 0.6) is 0 Å². The molecule has 0 amide bonds. The molecule has 2 N–H and O–H groups in total. The van der Waals surface area contributed by atoms with Crippen molar-refractivity contribution in [1.82, 2.24) is 19.6 Å². The van der Waals surface area contributed by atoms with E-state index in [2.05, 4.69) is 25.7 Å². The zero-order chi connectivity index (χ0) is 18.7. The highest BCUT2D eigenvalue weighted by Crippen LogP contribution is 2.25. The number of sulfone groups is 1. The summed E-state index contributed by atoms with van der Waals surface area (Å²) >= 11 is 0. The van der Waals surface area contributed by atoms with Gasteiger partial charge < -0.3 is 10.6 Å². The van der Waals surface area contributed by atoms with Gasteiger partial charge in [0.15, 0.2) is 0 Å². The zero-order valence-corrected chi connectivity index (χ0v) is 14.5. The van der Waals surface area contributed by atoms with Crippen LogP contribution < -0.4 is 10.6 Å². The molecule has 0 atom stereocenters. The number of aryl methyl sites for hydroxylation is 1. The minimum atomic E-state index is -4.67. The van der Waals surface area contributed by atoms with Crippen LogP contribution in [0.4, 0.5) is 20.3 Å². The molecule has 2 heterocycles. The maximum Gasteiger partial charge on any atom is 0.341 e. The highest BCUT2D eigenvalue weighted by atomic mass is 32.2. The molecule has 8 nitrogen and oxygen atoms in total. The second-order valence-corrected chi connectivity index (χ2v) is 7.30. The Morgan fingerprint density at radius 1 is 1.19 bits per heavy atom. The van der Waals surface area contributed by atoms with Crippen molar-refractivity contribution in [2.75, 3.05) is 23.7 Å². The molecule has 0 unspecified atom stereocenters. The molecule has 0 fully saturated rings. The molecule has 3 rings (SSSR count). The number of hydrogen-bond donors (Lipinski definition) is 2. The molecule has 2 aromatic heterocycles. The summed E-state index contributed by atoms with van der Waals surface area (Å²) in [5.74, 6) is -2.35. The highest BCUT2D eigenvalue weighted by molar-refractivity contribution is 7.91. The standard InChI is InChI=1S/C15H16F2N6O2S/c1-10-8-13(23-15(22-10)20-9-21-23)19-7-6-18-11-4-2-3-5-12(11)26(24,25)14(16)17/h2-5,8-9,14,18-19H,6-7H2,1H3. The topological polar surface area (TPSA) is 101 Å². The second-order valence-electron chi connectivity index (χ2n) is 5.41. The van der Waals surface area contributed by atoms with Gasteiger partial charge in [0.1, 0.15) is 12.1 Å². The van der Waals surface area contributed by atoms with Crippen molar-refractivity contribution in [2.45, 2.75) is 17.6 Å². The molecule has 0 saturated heterocycles. The average Bonchev–Trinajstić information content (AvgIpc) is 3.07. The van der Waals surface area contributed by atoms with Crippen molar-refractivity contribution in [1.29, 1.82) is 0 Å². The lowest BCUT2D eigenvalue weighted by Gasteiger charge is -2.13. The van der Waals surface area contributed by atoms with Crippen LogP contribution in [0.25, 0.3) is 5.78 Å². The van der Waals surface area contributed by atoms with Crippen molar-refractivity contribution in [3.05, 3.63) is 42.4 Å². The van der Waals surface area contributed by atoms with Crippen LogP contribution in [0.15, 0.2) is 41.6 Å². The van der Waals surface area contributed by atoms with E-state index in [0.717, 1.165) is 11.8 Å². The minimum absolute atomic E-state index is 0.131. The molecule has 0 radical (unpaired) electrons. The summed E-state index contributed by atoms with van der Waals surface area (Å²) in [6, 6.07) is 7.37. The van der Waals surface area contributed by atoms with Crippen molar-refractivity contribution in [2.24, 2.45) is 0 Å². The highest BCUT2D eigenvalue weighted by Gasteiger charge is 2.28. The Morgan fingerprint density at radius 3 is 2.69 bits per heavy atom. The first-order valence-corrected chi connectivity index (χ1v) is 9.20. The van der Waals surface area contributed by atoms with Gasteiger partial charge in [0.05, 0.1) is 10.6 Å². The quantitative estimate of drug-likeness (QED) is 0.602. The molecule has 138 valence electrons. The molecule has 0 saturated carbocycles. The number of rotatable bonds is 7. The molecule has 26 heavy (non-hydrogen) atoms. The van der Waals surface area contributed by atoms with E-state index in [4.69, 9.17) is 0 Å². The van der Waals surface area contributed by atoms with Gasteiger partial charge in [-0.25, -0.2) is 13.4 Å². The minimum Gasteiger partial charge on any atom is -0.382 e. The number of nitrogens with zero attached hydrogens (tertiary/aromatic N) is 4. The monoisotopic (exact) mass is 382 g/mol. The summed E-state index contributed by atoms with van der Waals surface area (Å²) in [7, 11) is -4.67. The number of aromatic nitrogens is 4. The predicted octanol–water partition coefficient (Wildman–Crippen LogP) is 1.95. The van der Waals surface area contributed by atoms with E-state index >= 15 is 0 Å². The van der Waals surface area contributed by atoms with Gasteiger partial charge in [-0.3, -0.25) is 0 Å². The van der Waals surface area contributed by atoms with Gasteiger partial charge in [0, 0.05) is 24.8 Å². The van der Waals surface area contributed by atoms with Crippen molar-refractivity contribution < 1.29 is 17.2 Å². The van der Waals surface area contributed by atoms with E-state index in [1.807, 2.05) is 6.92 Å². The van der Waals surface area contributed by atoms with E-state index in [0.29, 0.717) is 24.7 Å². The number of nitrogens with one attached hydrogen (secondary N) is 2. The van der Waals surface area contributed by atoms with Crippen LogP contribution in [0.3, 0.4) is 0 Å². The van der Waals surface area contributed by atoms with Gasteiger partial charge in [0.2, 0.25) is 9.84 Å². The third kappa shape index (κ3) is 3.57. The Bertz CT molecular complexity index is 1020. The van der Waals surface area contributed by atoms with Gasteiger partial charge in [-0.15, -0.1) is 0 Å². The fourth-order valence-electron chi connectivity index (χ4n) is 2.40. The fraction of sp³-hybridized carbons (Fsp3) is 0.267. The summed E-state index contributed by atoms with van der Waals surface area (Å²) in [5, 5.41) is 10.1. The molecule has 0 aliphatic carbocycles. The number of benzene rings is 1. The van der Waals surface area contributed by atoms with Gasteiger partial charge in [0.25, 0.3) is 5.78 Å². The summed E-state index contributed by atoms with van der Waals surface area (Å²) in [6.45, 7) is 2.51. The summed E-state index contributed by atoms with van der Waals surface area (Å²) in [4.78, 5) is 7.82. The van der Waals surface area contributed by atoms with Crippen LogP contribution >= 0.6 is 0 Å². The summed E-state index contributed by atoms with van der Waals surface area (Å²) in [6.07, 6.45) is 1.39. The molecule has 0 aliphatic heterocycles. The Morgan fingerprint density at radius 2 is 1.92 bits per heavy atom. The van der Waals surface area contributed by atoms with Crippen LogP contribution in [0.2, 0.25) is 0 Å². The Kier molecular flexibility index (Phi) is 4.98. The average molecular weight is 382 g/mol. The smallest absolute Gasteiger partial charge is 0.341 e. The zero-order valence-electron chi connectivity index (χ0n) is 13.7. The lowest BCUT2D eigenvalue weighted by Crippen LogP contribution is -2.19. The van der Waals surface area contributed by atoms with Crippen LogP contribution in [0, 0.1) is 6.92 Å². The molecule has 0 aliphatic rings. The van der Waals surface area contributed by atoms with Gasteiger partial charge in [-0.1, -0.05) is 12.1 Å². The number of para-hydroxylation sites is 1. The molecule has 1 aromatic carbocycles. The number of anilines is 2. The Hall–Kier alpha value is -2.82. The largest absolute Gasteiger partial charge is 0.382 e. The number of fused-ring (bicyclic) bond motifs is 1. The first-order valence-electron chi connectivity index (χ1n) is 7.66. The molecular formula is C15H16F2N6O2S. The first-order chi connectivity index (χ1) is 12.4. The Balaban J connectivity index is 1.69. The molecule has 0 bridgehead atoms. The van der Waals surface area contributed by atoms with E-state index in [9.17, 15) is 17.2 Å². The van der Waals surface area contributed by atoms with E-state index < -0.39 is 20.5 Å². The maximum absolute atomic E-state index is 12.8. The number of halogens is 2. The number of hydrogen-bond acceptors (Lipinski definition) is 7.